The molecule has 1 aromatic carbocycles. The van der Waals surface area contributed by atoms with Gasteiger partial charge in [-0.05, 0) is 143 Å². The van der Waals surface area contributed by atoms with E-state index in [9.17, 15) is 9.59 Å². The van der Waals surface area contributed by atoms with Crippen LogP contribution in [0.4, 0.5) is 0 Å². The Hall–Kier alpha value is -3.11. The molecule has 330 valence electrons. The fourth-order valence-corrected chi connectivity index (χ4v) is 10.1. The molecule has 0 amide bonds. The third kappa shape index (κ3) is 10.7. The average Bonchev–Trinajstić information content (AvgIpc) is 3.16. The minimum absolute atomic E-state index is 0.0161. The van der Waals surface area contributed by atoms with Crippen molar-refractivity contribution < 1.29 is 38.2 Å². The van der Waals surface area contributed by atoms with E-state index in [0.717, 1.165) is 53.1 Å². The summed E-state index contributed by atoms with van der Waals surface area (Å²) in [5.41, 5.74) is -1.21. The summed E-state index contributed by atoms with van der Waals surface area (Å²) in [7, 11) is 0. The molecule has 4 atom stereocenters. The van der Waals surface area contributed by atoms with Crippen LogP contribution in [0.2, 0.25) is 0 Å². The number of carbonyl (C=O) groups is 5. The highest BCUT2D eigenvalue weighted by molar-refractivity contribution is 9.09. The molecule has 2 aliphatic carbocycles. The van der Waals surface area contributed by atoms with Crippen LogP contribution in [-0.2, 0) is 23.9 Å². The van der Waals surface area contributed by atoms with Gasteiger partial charge in [-0.3, -0.25) is 24.0 Å². The number of esters is 2. The van der Waals surface area contributed by atoms with Crippen molar-refractivity contribution in [3.63, 3.8) is 0 Å². The maximum absolute atomic E-state index is 15.8. The van der Waals surface area contributed by atoms with Gasteiger partial charge in [-0.15, -0.1) is 0 Å². The highest BCUT2D eigenvalue weighted by Crippen LogP contribution is 2.69. The predicted octanol–water partition coefficient (Wildman–Crippen LogP) is 12.9. The standard InChI is InChI=1S/C50H68Br2O8/c1-32(2)19-22-36-30-49-31-37(23-20-33(3)4)48(9,10)60-45(49)42(44(56)50(46(49)57,47(36,7)8)26-25-34(5)6)43(55)35-21-24-38(58-40(53)17-13-11-15-27-51)39(29-35)59-41(54)18-14-12-16-28-52/h19-21,24-25,29,36-37H,11-18,22-23,26-28,30-31H2,1-10H3/t36-,37+,49+,50+/m1/s1. The van der Waals surface area contributed by atoms with Crippen molar-refractivity contribution in [3.8, 4) is 11.5 Å². The maximum Gasteiger partial charge on any atom is 0.311 e. The molecule has 0 aromatic heterocycles. The van der Waals surface area contributed by atoms with Crippen LogP contribution in [0.25, 0.3) is 0 Å². The van der Waals surface area contributed by atoms with Crippen LogP contribution in [0.3, 0.4) is 0 Å². The van der Waals surface area contributed by atoms with Crippen molar-refractivity contribution >= 4 is 61.1 Å². The van der Waals surface area contributed by atoms with Crippen LogP contribution in [0, 0.1) is 28.1 Å². The maximum atomic E-state index is 15.8. The van der Waals surface area contributed by atoms with Crippen LogP contribution < -0.4 is 9.47 Å². The van der Waals surface area contributed by atoms with Gasteiger partial charge in [-0.25, -0.2) is 0 Å². The van der Waals surface area contributed by atoms with Crippen molar-refractivity contribution in [2.24, 2.45) is 28.1 Å². The Kier molecular flexibility index (Phi) is 17.2. The van der Waals surface area contributed by atoms with Crippen molar-refractivity contribution in [2.75, 3.05) is 10.7 Å². The number of fused-ring (bicyclic) bond motifs is 1. The lowest BCUT2D eigenvalue weighted by atomic mass is 9.39. The molecule has 1 spiro atoms. The minimum atomic E-state index is -1.56. The third-order valence-electron chi connectivity index (χ3n) is 13.1. The van der Waals surface area contributed by atoms with Gasteiger partial charge in [0, 0.05) is 35.0 Å². The fraction of sp³-hybridized carbons (Fsp3) is 0.620. The van der Waals surface area contributed by atoms with E-state index >= 15 is 14.4 Å². The first kappa shape index (κ1) is 49.5. The number of carbonyl (C=O) groups excluding carboxylic acids is 5. The first-order valence-corrected chi connectivity index (χ1v) is 24.1. The van der Waals surface area contributed by atoms with Crippen molar-refractivity contribution in [1.82, 2.24) is 0 Å². The zero-order valence-electron chi connectivity index (χ0n) is 37.7. The summed E-state index contributed by atoms with van der Waals surface area (Å²) in [5.74, 6) is -2.37. The average molecular weight is 957 g/mol. The van der Waals surface area contributed by atoms with E-state index in [4.69, 9.17) is 14.2 Å². The first-order valence-electron chi connectivity index (χ1n) is 21.8. The van der Waals surface area contributed by atoms with Crippen molar-refractivity contribution in [2.45, 2.75) is 158 Å². The van der Waals surface area contributed by atoms with Gasteiger partial charge < -0.3 is 14.2 Å². The van der Waals surface area contributed by atoms with E-state index < -0.39 is 45.4 Å². The molecule has 2 bridgehead atoms. The summed E-state index contributed by atoms with van der Waals surface area (Å²) < 4.78 is 18.6. The van der Waals surface area contributed by atoms with Gasteiger partial charge >= 0.3 is 11.9 Å². The predicted molar refractivity (Wildman–Crippen MR) is 246 cm³/mol. The lowest BCUT2D eigenvalue weighted by Gasteiger charge is -2.64. The zero-order chi connectivity index (χ0) is 44.6. The molecule has 60 heavy (non-hydrogen) atoms. The summed E-state index contributed by atoms with van der Waals surface area (Å²) >= 11 is 6.85. The number of hydrogen-bond acceptors (Lipinski definition) is 8. The summed E-state index contributed by atoms with van der Waals surface area (Å²) in [6, 6.07) is 4.35. The van der Waals surface area contributed by atoms with Gasteiger partial charge in [-0.2, -0.15) is 0 Å². The molecule has 8 nitrogen and oxygen atoms in total. The molecule has 1 saturated carbocycles. The lowest BCUT2D eigenvalue weighted by Crippen LogP contribution is -2.69. The van der Waals surface area contributed by atoms with E-state index in [1.165, 1.54) is 18.2 Å². The van der Waals surface area contributed by atoms with Crippen LogP contribution in [-0.4, -0.2) is 45.5 Å². The molecule has 1 heterocycles. The second-order valence-corrected chi connectivity index (χ2v) is 20.6. The second kappa shape index (κ2) is 20.8. The van der Waals surface area contributed by atoms with Crippen LogP contribution >= 0.6 is 31.9 Å². The topological polar surface area (TPSA) is 113 Å². The number of ketones is 3. The molecule has 2 fully saturated rings. The van der Waals surface area contributed by atoms with Crippen LogP contribution in [0.1, 0.15) is 163 Å². The molecular formula is C50H68Br2O8. The fourth-order valence-electron chi connectivity index (χ4n) is 9.29. The Morgan fingerprint density at radius 1 is 0.717 bits per heavy atom. The van der Waals surface area contributed by atoms with Crippen LogP contribution in [0.5, 0.6) is 11.5 Å². The van der Waals surface area contributed by atoms with Gasteiger partial charge in [0.2, 0.25) is 0 Å². The Morgan fingerprint density at radius 3 is 1.77 bits per heavy atom. The molecule has 3 aliphatic rings. The number of ether oxygens (including phenoxy) is 3. The highest BCUT2D eigenvalue weighted by Gasteiger charge is 2.74. The number of benzene rings is 1. The Bertz CT molecular complexity index is 1920. The summed E-state index contributed by atoms with van der Waals surface area (Å²) in [5, 5.41) is 1.66. The van der Waals surface area contributed by atoms with Gasteiger partial charge in [0.15, 0.2) is 28.8 Å². The molecule has 0 unspecified atom stereocenters. The largest absolute Gasteiger partial charge is 0.490 e. The summed E-state index contributed by atoms with van der Waals surface area (Å²) in [6.07, 6.45) is 13.8. The Morgan fingerprint density at radius 2 is 1.23 bits per heavy atom. The number of halogens is 2. The van der Waals surface area contributed by atoms with E-state index in [0.29, 0.717) is 38.5 Å². The van der Waals surface area contributed by atoms with Gasteiger partial charge in [0.25, 0.3) is 0 Å². The van der Waals surface area contributed by atoms with E-state index in [1.54, 1.807) is 0 Å². The van der Waals surface area contributed by atoms with Gasteiger partial charge in [-0.1, -0.05) is 93.5 Å². The van der Waals surface area contributed by atoms with Gasteiger partial charge in [0.05, 0.1) is 5.41 Å². The van der Waals surface area contributed by atoms with E-state index in [2.05, 4.69) is 71.7 Å². The van der Waals surface area contributed by atoms with Crippen molar-refractivity contribution in [1.29, 1.82) is 0 Å². The molecular weight excluding hydrogens is 888 g/mol. The smallest absolute Gasteiger partial charge is 0.311 e. The molecule has 4 rings (SSSR count). The molecule has 1 aliphatic heterocycles. The number of Topliss-reactive ketones (excluding diaryl/α,β-unsaturated/α-hetero) is 3. The molecule has 10 heteroatoms. The zero-order valence-corrected chi connectivity index (χ0v) is 40.9. The first-order chi connectivity index (χ1) is 28.2. The summed E-state index contributed by atoms with van der Waals surface area (Å²) in [6.45, 7) is 20.1. The number of hydrogen-bond donors (Lipinski definition) is 0. The monoisotopic (exact) mass is 954 g/mol. The molecule has 0 N–H and O–H groups in total. The lowest BCUT2D eigenvalue weighted by molar-refractivity contribution is -0.188. The van der Waals surface area contributed by atoms with E-state index in [-0.39, 0.29) is 65.3 Å². The minimum Gasteiger partial charge on any atom is -0.490 e. The number of unbranched alkanes of at least 4 members (excludes halogenated alkanes) is 4. The number of alkyl halides is 2. The van der Waals surface area contributed by atoms with E-state index in [1.807, 2.05) is 47.6 Å². The molecule has 0 radical (unpaired) electrons. The summed E-state index contributed by atoms with van der Waals surface area (Å²) in [4.78, 5) is 73.1. The molecule has 1 aromatic rings. The normalized spacial score (nSPS) is 23.8. The quantitative estimate of drug-likeness (QED) is 0.0186. The second-order valence-electron chi connectivity index (χ2n) is 19.0. The highest BCUT2D eigenvalue weighted by atomic mass is 79.9. The SMILES string of the molecule is CC(C)=CC[C@H]1C[C@@]23C[C@@H](CC=C(C)C)C(C)(C)[C@@](CC=C(C)C)(C(=O)C(C(=O)c4ccc(OC(=O)CCCCCBr)c(OC(=O)CCCCCBr)c4)=C2OC1(C)C)C3=O. The van der Waals surface area contributed by atoms with Crippen LogP contribution in [0.15, 0.2) is 64.5 Å². The Labute approximate surface area is 376 Å². The van der Waals surface area contributed by atoms with Crippen molar-refractivity contribution in [3.05, 3.63) is 70.0 Å². The molecule has 1 saturated heterocycles. The third-order valence-corrected chi connectivity index (χ3v) is 14.2. The van der Waals surface area contributed by atoms with Gasteiger partial charge in [0.1, 0.15) is 22.3 Å². The number of rotatable bonds is 20. The number of allylic oxidation sites excluding steroid dienone is 8. The Balaban J connectivity index is 1.96.